The predicted molar refractivity (Wildman–Crippen MR) is 112 cm³/mol. The fourth-order valence-electron chi connectivity index (χ4n) is 3.49. The van der Waals surface area contributed by atoms with Gasteiger partial charge in [-0.05, 0) is 42.2 Å². The summed E-state index contributed by atoms with van der Waals surface area (Å²) in [6, 6.07) is 18.2. The number of hydrogen-bond donors (Lipinski definition) is 0. The maximum Gasteiger partial charge on any atom is 0.310 e. The highest BCUT2D eigenvalue weighted by Gasteiger charge is 2.62. The number of oxime groups is 1. The zero-order chi connectivity index (χ0) is 20.1. The monoisotopic (exact) mass is 380 g/mol. The molecule has 0 spiro atoms. The van der Waals surface area contributed by atoms with Crippen molar-refractivity contribution >= 4 is 23.6 Å². The van der Waals surface area contributed by atoms with Crippen LogP contribution in [0.25, 0.3) is 0 Å². The van der Waals surface area contributed by atoms with Crippen LogP contribution < -0.4 is 4.90 Å². The van der Waals surface area contributed by atoms with Gasteiger partial charge >= 0.3 is 5.97 Å². The third-order valence-electron chi connectivity index (χ3n) is 5.41. The van der Waals surface area contributed by atoms with Crippen molar-refractivity contribution in [2.24, 2.45) is 22.4 Å². The van der Waals surface area contributed by atoms with E-state index in [4.69, 9.17) is 9.57 Å². The van der Waals surface area contributed by atoms with Gasteiger partial charge in [0.15, 0.2) is 0 Å². The van der Waals surface area contributed by atoms with E-state index in [2.05, 4.69) is 36.0 Å². The molecule has 0 aliphatic heterocycles. The number of para-hydroxylation sites is 1. The molecule has 5 heteroatoms. The molecule has 0 saturated heterocycles. The molecule has 0 radical (unpaired) electrons. The number of hydrogen-bond acceptors (Lipinski definition) is 5. The Morgan fingerprint density at radius 2 is 1.86 bits per heavy atom. The summed E-state index contributed by atoms with van der Waals surface area (Å²) in [7, 11) is 2.02. The minimum absolute atomic E-state index is 0.0575. The second kappa shape index (κ2) is 8.46. The summed E-state index contributed by atoms with van der Waals surface area (Å²) in [5, 5.41) is 3.92. The van der Waals surface area contributed by atoms with Gasteiger partial charge in [-0.3, -0.25) is 4.79 Å². The molecule has 1 aliphatic rings. The van der Waals surface area contributed by atoms with Gasteiger partial charge in [-0.1, -0.05) is 49.3 Å². The van der Waals surface area contributed by atoms with E-state index >= 15 is 0 Å². The Hall–Kier alpha value is -2.82. The molecule has 0 N–H and O–H groups in total. The molecule has 148 valence electrons. The SMILES string of the molecule is CCON=CC1C(C(=O)OCc2cccc(N(C)c3ccccc3)c2)C1(C)C. The van der Waals surface area contributed by atoms with Gasteiger partial charge < -0.3 is 14.5 Å². The second-order valence-corrected chi connectivity index (χ2v) is 7.67. The molecule has 2 atom stereocenters. The topological polar surface area (TPSA) is 51.1 Å². The Morgan fingerprint density at radius 3 is 2.57 bits per heavy atom. The van der Waals surface area contributed by atoms with Crippen LogP contribution in [0, 0.1) is 17.3 Å². The van der Waals surface area contributed by atoms with Crippen LogP contribution in [-0.2, 0) is 21.0 Å². The molecule has 2 aromatic rings. The van der Waals surface area contributed by atoms with Crippen LogP contribution in [0.5, 0.6) is 0 Å². The first-order chi connectivity index (χ1) is 13.4. The maximum atomic E-state index is 12.5. The van der Waals surface area contributed by atoms with Gasteiger partial charge in [0.25, 0.3) is 0 Å². The van der Waals surface area contributed by atoms with Crippen molar-refractivity contribution in [3.05, 3.63) is 60.2 Å². The van der Waals surface area contributed by atoms with E-state index < -0.39 is 0 Å². The number of rotatable bonds is 8. The normalized spacial score (nSPS) is 20.0. The van der Waals surface area contributed by atoms with Crippen molar-refractivity contribution in [1.29, 1.82) is 0 Å². The van der Waals surface area contributed by atoms with Crippen LogP contribution in [0.1, 0.15) is 26.3 Å². The first-order valence-electron chi connectivity index (χ1n) is 9.65. The molecular weight excluding hydrogens is 352 g/mol. The van der Waals surface area contributed by atoms with E-state index in [1.54, 1.807) is 6.21 Å². The molecular formula is C23H28N2O3. The summed E-state index contributed by atoms with van der Waals surface area (Å²) in [5.74, 6) is -0.297. The smallest absolute Gasteiger partial charge is 0.310 e. The molecule has 1 aliphatic carbocycles. The molecule has 1 saturated carbocycles. The van der Waals surface area contributed by atoms with E-state index in [0.29, 0.717) is 6.61 Å². The fraction of sp³-hybridized carbons (Fsp3) is 0.391. The average molecular weight is 380 g/mol. The number of carbonyl (C=O) groups is 1. The van der Waals surface area contributed by atoms with Gasteiger partial charge in [-0.15, -0.1) is 0 Å². The maximum absolute atomic E-state index is 12.5. The summed E-state index contributed by atoms with van der Waals surface area (Å²) in [4.78, 5) is 19.7. The number of anilines is 2. The first-order valence-corrected chi connectivity index (χ1v) is 9.65. The van der Waals surface area contributed by atoms with Gasteiger partial charge in [0.2, 0.25) is 0 Å². The number of ether oxygens (including phenoxy) is 1. The van der Waals surface area contributed by atoms with Crippen LogP contribution in [0.3, 0.4) is 0 Å². The van der Waals surface area contributed by atoms with Crippen molar-refractivity contribution in [2.75, 3.05) is 18.6 Å². The summed E-state index contributed by atoms with van der Waals surface area (Å²) < 4.78 is 5.60. The Bertz CT molecular complexity index is 833. The van der Waals surface area contributed by atoms with E-state index in [1.807, 2.05) is 56.4 Å². The minimum Gasteiger partial charge on any atom is -0.461 e. The molecule has 3 rings (SSSR count). The standard InChI is InChI=1S/C23H28N2O3/c1-5-28-24-15-20-21(23(20,2)3)22(26)27-16-17-10-9-13-19(14-17)25(4)18-11-7-6-8-12-18/h6-15,20-21H,5,16H2,1-4H3. The zero-order valence-corrected chi connectivity index (χ0v) is 17.0. The lowest BCUT2D eigenvalue weighted by Gasteiger charge is -2.20. The van der Waals surface area contributed by atoms with Crippen LogP contribution in [-0.4, -0.2) is 25.8 Å². The van der Waals surface area contributed by atoms with Crippen LogP contribution >= 0.6 is 0 Å². The van der Waals surface area contributed by atoms with E-state index in [0.717, 1.165) is 16.9 Å². The van der Waals surface area contributed by atoms with Gasteiger partial charge in [0.1, 0.15) is 13.2 Å². The van der Waals surface area contributed by atoms with Crippen LogP contribution in [0.4, 0.5) is 11.4 Å². The lowest BCUT2D eigenvalue weighted by atomic mass is 10.1. The summed E-state index contributed by atoms with van der Waals surface area (Å²) >= 11 is 0. The Morgan fingerprint density at radius 1 is 1.14 bits per heavy atom. The molecule has 0 heterocycles. The summed E-state index contributed by atoms with van der Waals surface area (Å²) in [6.07, 6.45) is 1.73. The van der Waals surface area contributed by atoms with Crippen molar-refractivity contribution in [3.8, 4) is 0 Å². The summed E-state index contributed by atoms with van der Waals surface area (Å²) in [6.45, 7) is 6.77. The lowest BCUT2D eigenvalue weighted by Crippen LogP contribution is -2.12. The van der Waals surface area contributed by atoms with Gasteiger partial charge in [-0.2, -0.15) is 0 Å². The fourth-order valence-corrected chi connectivity index (χ4v) is 3.49. The van der Waals surface area contributed by atoms with E-state index in [-0.39, 0.29) is 29.8 Å². The Kier molecular flexibility index (Phi) is 6.02. The highest BCUT2D eigenvalue weighted by molar-refractivity contribution is 5.85. The third kappa shape index (κ3) is 4.35. The Labute approximate surface area is 166 Å². The summed E-state index contributed by atoms with van der Waals surface area (Å²) in [5.41, 5.74) is 2.97. The van der Waals surface area contributed by atoms with Crippen molar-refractivity contribution in [2.45, 2.75) is 27.4 Å². The average Bonchev–Trinajstić information content (AvgIpc) is 3.27. The molecule has 0 aromatic heterocycles. The number of nitrogens with zero attached hydrogens (tertiary/aromatic N) is 2. The molecule has 1 fully saturated rings. The third-order valence-corrected chi connectivity index (χ3v) is 5.41. The zero-order valence-electron chi connectivity index (χ0n) is 17.0. The quantitative estimate of drug-likeness (QED) is 0.375. The van der Waals surface area contributed by atoms with Crippen molar-refractivity contribution < 1.29 is 14.4 Å². The largest absolute Gasteiger partial charge is 0.461 e. The second-order valence-electron chi connectivity index (χ2n) is 7.67. The first kappa shape index (κ1) is 19.9. The van der Waals surface area contributed by atoms with Gasteiger partial charge in [-0.25, -0.2) is 0 Å². The predicted octanol–water partition coefficient (Wildman–Crippen LogP) is 4.79. The van der Waals surface area contributed by atoms with E-state index in [1.165, 1.54) is 0 Å². The number of benzene rings is 2. The molecule has 5 nitrogen and oxygen atoms in total. The van der Waals surface area contributed by atoms with Crippen molar-refractivity contribution in [3.63, 3.8) is 0 Å². The van der Waals surface area contributed by atoms with Crippen LogP contribution in [0.15, 0.2) is 59.8 Å². The molecule has 2 unspecified atom stereocenters. The number of carbonyl (C=O) groups excluding carboxylic acids is 1. The minimum atomic E-state index is -0.181. The van der Waals surface area contributed by atoms with Gasteiger partial charge in [0, 0.05) is 30.6 Å². The molecule has 28 heavy (non-hydrogen) atoms. The van der Waals surface area contributed by atoms with Crippen molar-refractivity contribution in [1.82, 2.24) is 0 Å². The van der Waals surface area contributed by atoms with Crippen LogP contribution in [0.2, 0.25) is 0 Å². The van der Waals surface area contributed by atoms with Gasteiger partial charge in [0.05, 0.1) is 5.92 Å². The number of esters is 1. The molecule has 0 amide bonds. The highest BCUT2D eigenvalue weighted by Crippen LogP contribution is 2.57. The highest BCUT2D eigenvalue weighted by atomic mass is 16.6. The molecule has 0 bridgehead atoms. The van der Waals surface area contributed by atoms with E-state index in [9.17, 15) is 4.79 Å². The lowest BCUT2D eigenvalue weighted by molar-refractivity contribution is -0.147. The molecule has 2 aromatic carbocycles. The Balaban J connectivity index is 1.60.